The van der Waals surface area contributed by atoms with E-state index >= 15 is 0 Å². The minimum Gasteiger partial charge on any atom is -0.184 e. The zero-order chi connectivity index (χ0) is 14.5. The average molecular weight is 372 g/mol. The fourth-order valence-corrected chi connectivity index (χ4v) is 4.66. The fraction of sp³-hybridized carbons (Fsp3) is 0.714. The van der Waals surface area contributed by atoms with E-state index in [4.69, 9.17) is 0 Å². The Morgan fingerprint density at radius 3 is 2.00 bits per heavy atom. The van der Waals surface area contributed by atoms with Crippen molar-refractivity contribution in [3.05, 3.63) is 35.9 Å². The number of aryl methyl sites for hydroxylation is 1. The van der Waals surface area contributed by atoms with Crippen molar-refractivity contribution in [3.8, 4) is 0 Å². The van der Waals surface area contributed by atoms with E-state index in [1.165, 1.54) is 69.8 Å². The van der Waals surface area contributed by atoms with E-state index in [0.29, 0.717) is 0 Å². The van der Waals surface area contributed by atoms with Gasteiger partial charge in [0.2, 0.25) is 0 Å². The smallest absolute Gasteiger partial charge is 0 e. The molecule has 0 unspecified atom stereocenters. The molecule has 2 fully saturated rings. The Bertz CT molecular complexity index is 397. The van der Waals surface area contributed by atoms with Crippen molar-refractivity contribution < 1.29 is 32.7 Å². The van der Waals surface area contributed by atoms with Crippen LogP contribution in [-0.2, 0) is 39.1 Å². The summed E-state index contributed by atoms with van der Waals surface area (Å²) in [6.07, 6.45) is 14.7. The van der Waals surface area contributed by atoms with Crippen molar-refractivity contribution in [1.82, 2.24) is 0 Å². The number of rotatable bonds is 4. The molecule has 1 heteroatoms. The van der Waals surface area contributed by atoms with Crippen LogP contribution in [0.3, 0.4) is 0 Å². The maximum absolute atomic E-state index is 3.12. The molecule has 0 N–H and O–H groups in total. The predicted octanol–water partition coefficient (Wildman–Crippen LogP) is 6.05. The van der Waals surface area contributed by atoms with Crippen molar-refractivity contribution in [2.45, 2.75) is 71.1 Å². The van der Waals surface area contributed by atoms with Crippen molar-refractivity contribution >= 4 is 0 Å². The Morgan fingerprint density at radius 1 is 0.864 bits per heavy atom. The molecule has 1 aromatic rings. The molecular weight excluding hydrogens is 341 g/mol. The molecule has 2 aliphatic carbocycles. The quantitative estimate of drug-likeness (QED) is 0.565. The molecule has 0 spiro atoms. The molecule has 3 rings (SSSR count). The molecule has 0 aliphatic heterocycles. The van der Waals surface area contributed by atoms with Gasteiger partial charge in [-0.2, -0.15) is 35.9 Å². The largest absolute Gasteiger partial charge is 0.184 e. The Balaban J connectivity index is 0.00000176. The van der Waals surface area contributed by atoms with Gasteiger partial charge in [0.1, 0.15) is 0 Å². The second-order valence-electron chi connectivity index (χ2n) is 7.75. The zero-order valence-corrected chi connectivity index (χ0v) is 17.1. The van der Waals surface area contributed by atoms with Gasteiger partial charge >= 0.3 is 0 Å². The Hall–Kier alpha value is 0.324. The van der Waals surface area contributed by atoms with E-state index < -0.39 is 0 Å². The zero-order valence-electron chi connectivity index (χ0n) is 14.3. The summed E-state index contributed by atoms with van der Waals surface area (Å²) in [6.45, 7) is 2.44. The van der Waals surface area contributed by atoms with Crippen LogP contribution in [0.25, 0.3) is 0 Å². The topological polar surface area (TPSA) is 0 Å². The first kappa shape index (κ1) is 18.7. The second kappa shape index (κ2) is 9.58. The average Bonchev–Trinajstić information content (AvgIpc) is 2.55. The summed E-state index contributed by atoms with van der Waals surface area (Å²) in [5.74, 6) is 4.14. The molecule has 0 nitrogen and oxygen atoms in total. The van der Waals surface area contributed by atoms with Crippen molar-refractivity contribution in [2.75, 3.05) is 0 Å². The Morgan fingerprint density at radius 2 is 1.41 bits per heavy atom. The molecule has 1 aromatic carbocycles. The van der Waals surface area contributed by atoms with Crippen LogP contribution in [0.2, 0.25) is 0 Å². The third kappa shape index (κ3) is 5.45. The monoisotopic (exact) mass is 372 g/mol. The van der Waals surface area contributed by atoms with Crippen LogP contribution in [0.15, 0.2) is 24.3 Å². The SMILES string of the molecule is CC1CCC(C2CCC(CCc3cc[c-]cc3)CC2)CC1.[Y]. The van der Waals surface area contributed by atoms with Gasteiger partial charge < -0.3 is 0 Å². The molecule has 0 atom stereocenters. The summed E-state index contributed by atoms with van der Waals surface area (Å²) < 4.78 is 0. The summed E-state index contributed by atoms with van der Waals surface area (Å²) in [6, 6.07) is 11.7. The van der Waals surface area contributed by atoms with Gasteiger partial charge in [0.05, 0.1) is 0 Å². The maximum Gasteiger partial charge on any atom is 0 e. The fourth-order valence-electron chi connectivity index (χ4n) is 4.66. The van der Waals surface area contributed by atoms with E-state index in [2.05, 4.69) is 37.3 Å². The summed E-state index contributed by atoms with van der Waals surface area (Å²) >= 11 is 0. The summed E-state index contributed by atoms with van der Waals surface area (Å²) in [7, 11) is 0. The van der Waals surface area contributed by atoms with Gasteiger partial charge in [-0.1, -0.05) is 39.0 Å². The summed E-state index contributed by atoms with van der Waals surface area (Å²) in [5, 5.41) is 0. The molecule has 0 bridgehead atoms. The van der Waals surface area contributed by atoms with Gasteiger partial charge in [0.15, 0.2) is 0 Å². The maximum atomic E-state index is 3.12. The summed E-state index contributed by atoms with van der Waals surface area (Å²) in [4.78, 5) is 0. The van der Waals surface area contributed by atoms with Crippen LogP contribution in [-0.4, -0.2) is 0 Å². The Kier molecular flexibility index (Phi) is 8.12. The molecule has 2 saturated carbocycles. The van der Waals surface area contributed by atoms with E-state index in [-0.39, 0.29) is 32.7 Å². The van der Waals surface area contributed by atoms with Crippen LogP contribution in [0.4, 0.5) is 0 Å². The molecular formula is C21H31Y-. The van der Waals surface area contributed by atoms with E-state index in [1.807, 2.05) is 0 Å². The molecule has 119 valence electrons. The Labute approximate surface area is 162 Å². The number of hydrogen-bond donors (Lipinski definition) is 0. The molecule has 0 saturated heterocycles. The van der Waals surface area contributed by atoms with E-state index in [0.717, 1.165) is 23.7 Å². The normalized spacial score (nSPS) is 32.2. The molecule has 2 aliphatic rings. The number of hydrogen-bond acceptors (Lipinski definition) is 0. The second-order valence-corrected chi connectivity index (χ2v) is 7.75. The molecule has 0 aromatic heterocycles. The molecule has 1 radical (unpaired) electrons. The van der Waals surface area contributed by atoms with E-state index in [1.54, 1.807) is 0 Å². The van der Waals surface area contributed by atoms with Gasteiger partial charge in [-0.3, -0.25) is 0 Å². The third-order valence-electron chi connectivity index (χ3n) is 6.25. The predicted molar refractivity (Wildman–Crippen MR) is 90.2 cm³/mol. The third-order valence-corrected chi connectivity index (χ3v) is 6.25. The number of benzene rings is 1. The van der Waals surface area contributed by atoms with E-state index in [9.17, 15) is 0 Å². The van der Waals surface area contributed by atoms with Gasteiger partial charge in [-0.05, 0) is 55.8 Å². The first-order valence-corrected chi connectivity index (χ1v) is 9.26. The van der Waals surface area contributed by atoms with Gasteiger partial charge in [0, 0.05) is 32.7 Å². The van der Waals surface area contributed by atoms with Crippen molar-refractivity contribution in [3.63, 3.8) is 0 Å². The van der Waals surface area contributed by atoms with Crippen molar-refractivity contribution in [1.29, 1.82) is 0 Å². The first-order chi connectivity index (χ1) is 10.3. The summed E-state index contributed by atoms with van der Waals surface area (Å²) in [5.41, 5.74) is 1.50. The molecule has 22 heavy (non-hydrogen) atoms. The van der Waals surface area contributed by atoms with Gasteiger partial charge in [-0.25, -0.2) is 0 Å². The van der Waals surface area contributed by atoms with Crippen LogP contribution in [0.5, 0.6) is 0 Å². The van der Waals surface area contributed by atoms with Gasteiger partial charge in [-0.15, -0.1) is 0 Å². The minimum absolute atomic E-state index is 0. The van der Waals surface area contributed by atoms with Gasteiger partial charge in [0.25, 0.3) is 0 Å². The standard InChI is InChI=1S/C21H31.Y/c1-17-7-13-20(14-8-17)21-15-11-19(12-16-21)10-9-18-5-3-2-4-6-18;/h3-6,17,19-21H,7-16H2,1H3;/q-1;. The van der Waals surface area contributed by atoms with Crippen LogP contribution >= 0.6 is 0 Å². The first-order valence-electron chi connectivity index (χ1n) is 9.26. The minimum atomic E-state index is 0. The molecule has 0 heterocycles. The van der Waals surface area contributed by atoms with Crippen LogP contribution in [0.1, 0.15) is 70.3 Å². The van der Waals surface area contributed by atoms with Crippen LogP contribution < -0.4 is 0 Å². The molecule has 0 amide bonds. The van der Waals surface area contributed by atoms with Crippen LogP contribution in [0, 0.1) is 29.7 Å². The van der Waals surface area contributed by atoms with Crippen molar-refractivity contribution in [2.24, 2.45) is 23.7 Å².